The summed E-state index contributed by atoms with van der Waals surface area (Å²) in [7, 11) is 1.46. The van der Waals surface area contributed by atoms with E-state index in [4.69, 9.17) is 10.6 Å². The van der Waals surface area contributed by atoms with Gasteiger partial charge in [-0.25, -0.2) is 10.6 Å². The second kappa shape index (κ2) is 6.90. The van der Waals surface area contributed by atoms with Crippen molar-refractivity contribution in [3.63, 3.8) is 0 Å². The monoisotopic (exact) mass is 291 g/mol. The predicted octanol–water partition coefficient (Wildman–Crippen LogP) is 1.88. The summed E-state index contributed by atoms with van der Waals surface area (Å²) < 4.78 is 5.24. The molecule has 21 heavy (non-hydrogen) atoms. The standard InChI is InChI=1S/C15H21N3O3/c1-15(2,3)21-14(20)18(4)12(13(19)17-16)10-11-8-6-5-7-9-11/h5-10H,16H2,1-4H3,(H,17,19). The first-order valence-electron chi connectivity index (χ1n) is 6.49. The van der Waals surface area contributed by atoms with Gasteiger partial charge in [-0.1, -0.05) is 30.3 Å². The second-order valence-corrected chi connectivity index (χ2v) is 5.45. The summed E-state index contributed by atoms with van der Waals surface area (Å²) in [5.74, 6) is 4.60. The van der Waals surface area contributed by atoms with E-state index in [1.54, 1.807) is 26.8 Å². The zero-order valence-corrected chi connectivity index (χ0v) is 12.7. The number of nitrogens with two attached hydrogens (primary N) is 1. The Morgan fingerprint density at radius 3 is 2.29 bits per heavy atom. The highest BCUT2D eigenvalue weighted by Gasteiger charge is 2.24. The van der Waals surface area contributed by atoms with Gasteiger partial charge in [0.2, 0.25) is 0 Å². The van der Waals surface area contributed by atoms with Crippen molar-refractivity contribution in [3.05, 3.63) is 41.6 Å². The number of ether oxygens (including phenoxy) is 1. The van der Waals surface area contributed by atoms with Crippen molar-refractivity contribution in [2.24, 2.45) is 5.84 Å². The fourth-order valence-electron chi connectivity index (χ4n) is 1.52. The van der Waals surface area contributed by atoms with E-state index in [1.807, 2.05) is 35.8 Å². The molecule has 0 bridgehead atoms. The first-order chi connectivity index (χ1) is 9.74. The van der Waals surface area contributed by atoms with Crippen molar-refractivity contribution in [1.82, 2.24) is 10.3 Å². The minimum Gasteiger partial charge on any atom is -0.443 e. The largest absolute Gasteiger partial charge is 0.443 e. The van der Waals surface area contributed by atoms with Crippen LogP contribution in [-0.4, -0.2) is 29.5 Å². The highest BCUT2D eigenvalue weighted by atomic mass is 16.6. The number of hydrogen-bond acceptors (Lipinski definition) is 4. The van der Waals surface area contributed by atoms with E-state index in [2.05, 4.69) is 0 Å². The van der Waals surface area contributed by atoms with Crippen LogP contribution in [0.25, 0.3) is 6.08 Å². The second-order valence-electron chi connectivity index (χ2n) is 5.45. The van der Waals surface area contributed by atoms with Crippen molar-refractivity contribution in [2.75, 3.05) is 7.05 Å². The number of likely N-dealkylation sites (N-methyl/N-ethyl adjacent to an activating group) is 1. The lowest BCUT2D eigenvalue weighted by Crippen LogP contribution is -2.41. The first kappa shape index (κ1) is 16.7. The van der Waals surface area contributed by atoms with Crippen LogP contribution in [0, 0.1) is 0 Å². The van der Waals surface area contributed by atoms with Crippen molar-refractivity contribution >= 4 is 18.1 Å². The zero-order valence-electron chi connectivity index (χ0n) is 12.7. The van der Waals surface area contributed by atoms with Crippen molar-refractivity contribution in [1.29, 1.82) is 0 Å². The quantitative estimate of drug-likeness (QED) is 0.385. The van der Waals surface area contributed by atoms with Crippen LogP contribution in [0.5, 0.6) is 0 Å². The van der Waals surface area contributed by atoms with Crippen LogP contribution in [0.1, 0.15) is 26.3 Å². The van der Waals surface area contributed by atoms with E-state index in [0.717, 1.165) is 10.5 Å². The van der Waals surface area contributed by atoms with Gasteiger partial charge in [-0.3, -0.25) is 15.1 Å². The number of hydrogen-bond donors (Lipinski definition) is 2. The molecule has 0 atom stereocenters. The molecule has 1 rings (SSSR count). The van der Waals surface area contributed by atoms with Crippen LogP contribution >= 0.6 is 0 Å². The average molecular weight is 291 g/mol. The van der Waals surface area contributed by atoms with Gasteiger partial charge < -0.3 is 4.74 Å². The van der Waals surface area contributed by atoms with Gasteiger partial charge in [-0.05, 0) is 32.4 Å². The van der Waals surface area contributed by atoms with Gasteiger partial charge in [0.05, 0.1) is 0 Å². The molecule has 0 saturated heterocycles. The van der Waals surface area contributed by atoms with Crippen LogP contribution in [-0.2, 0) is 9.53 Å². The molecule has 0 spiro atoms. The number of hydrazine groups is 1. The van der Waals surface area contributed by atoms with Gasteiger partial charge in [-0.15, -0.1) is 0 Å². The predicted molar refractivity (Wildman–Crippen MR) is 80.7 cm³/mol. The summed E-state index contributed by atoms with van der Waals surface area (Å²) in [6.45, 7) is 5.26. The molecule has 1 aromatic rings. The molecule has 0 aliphatic rings. The number of carbonyl (C=O) groups is 2. The highest BCUT2D eigenvalue weighted by molar-refractivity contribution is 5.99. The number of nitrogens with one attached hydrogen (secondary N) is 1. The Balaban J connectivity index is 3.06. The van der Waals surface area contributed by atoms with E-state index in [9.17, 15) is 9.59 Å². The SMILES string of the molecule is CN(C(=O)OC(C)(C)C)C(=Cc1ccccc1)C(=O)NN. The van der Waals surface area contributed by atoms with E-state index in [0.29, 0.717) is 0 Å². The molecule has 0 unspecified atom stereocenters. The maximum absolute atomic E-state index is 12.1. The molecule has 3 N–H and O–H groups in total. The van der Waals surface area contributed by atoms with Crippen LogP contribution < -0.4 is 11.3 Å². The van der Waals surface area contributed by atoms with Gasteiger partial charge in [-0.2, -0.15) is 0 Å². The Bertz CT molecular complexity index is 533. The number of nitrogens with zero attached hydrogens (tertiary/aromatic N) is 1. The molecular formula is C15H21N3O3. The number of amides is 2. The van der Waals surface area contributed by atoms with Gasteiger partial charge >= 0.3 is 6.09 Å². The van der Waals surface area contributed by atoms with Crippen LogP contribution in [0.4, 0.5) is 4.79 Å². The number of rotatable bonds is 3. The molecule has 1 aromatic carbocycles. The fourth-order valence-corrected chi connectivity index (χ4v) is 1.52. The molecule has 0 aromatic heterocycles. The minimum absolute atomic E-state index is 0.0953. The van der Waals surface area contributed by atoms with E-state index in [1.165, 1.54) is 7.05 Å². The van der Waals surface area contributed by atoms with E-state index >= 15 is 0 Å². The van der Waals surface area contributed by atoms with Gasteiger partial charge in [0.1, 0.15) is 11.3 Å². The molecule has 0 radical (unpaired) electrons. The smallest absolute Gasteiger partial charge is 0.414 e. The van der Waals surface area contributed by atoms with Crippen molar-refractivity contribution in [2.45, 2.75) is 26.4 Å². The van der Waals surface area contributed by atoms with Gasteiger partial charge in [0, 0.05) is 7.05 Å². The van der Waals surface area contributed by atoms with Crippen LogP contribution in [0.3, 0.4) is 0 Å². The highest BCUT2D eigenvalue weighted by Crippen LogP contribution is 2.15. The Hall–Kier alpha value is -2.34. The first-order valence-corrected chi connectivity index (χ1v) is 6.49. The summed E-state index contributed by atoms with van der Waals surface area (Å²) in [5, 5.41) is 0. The molecule has 0 heterocycles. The van der Waals surface area contributed by atoms with Gasteiger partial charge in [0.25, 0.3) is 5.91 Å². The van der Waals surface area contributed by atoms with E-state index in [-0.39, 0.29) is 5.70 Å². The fraction of sp³-hybridized carbons (Fsp3) is 0.333. The topological polar surface area (TPSA) is 84.7 Å². The molecule has 0 aliphatic carbocycles. The Morgan fingerprint density at radius 2 is 1.81 bits per heavy atom. The normalized spacial score (nSPS) is 11.8. The summed E-state index contributed by atoms with van der Waals surface area (Å²) >= 11 is 0. The van der Waals surface area contributed by atoms with Crippen LogP contribution in [0.15, 0.2) is 36.0 Å². The molecule has 2 amide bonds. The third-order valence-electron chi connectivity index (χ3n) is 2.50. The Morgan fingerprint density at radius 1 is 1.24 bits per heavy atom. The third-order valence-corrected chi connectivity index (χ3v) is 2.50. The lowest BCUT2D eigenvalue weighted by molar-refractivity contribution is -0.118. The van der Waals surface area contributed by atoms with Crippen molar-refractivity contribution in [3.8, 4) is 0 Å². The number of carbonyl (C=O) groups excluding carboxylic acids is 2. The maximum atomic E-state index is 12.1. The lowest BCUT2D eigenvalue weighted by Gasteiger charge is -2.25. The molecule has 0 saturated carbocycles. The molecule has 0 fully saturated rings. The third kappa shape index (κ3) is 5.27. The summed E-state index contributed by atoms with van der Waals surface area (Å²) in [6.07, 6.45) is 0.930. The molecule has 6 heteroatoms. The Labute approximate surface area is 124 Å². The van der Waals surface area contributed by atoms with Crippen LogP contribution in [0.2, 0.25) is 0 Å². The summed E-state index contributed by atoms with van der Waals surface area (Å²) in [6, 6.07) is 9.14. The number of benzene rings is 1. The van der Waals surface area contributed by atoms with E-state index < -0.39 is 17.6 Å². The zero-order chi connectivity index (χ0) is 16.0. The Kier molecular flexibility index (Phi) is 5.49. The summed E-state index contributed by atoms with van der Waals surface area (Å²) in [5.41, 5.74) is 2.24. The molecule has 6 nitrogen and oxygen atoms in total. The van der Waals surface area contributed by atoms with Crippen molar-refractivity contribution < 1.29 is 14.3 Å². The molecule has 0 aliphatic heterocycles. The molecular weight excluding hydrogens is 270 g/mol. The summed E-state index contributed by atoms with van der Waals surface area (Å²) in [4.78, 5) is 25.1. The minimum atomic E-state index is -0.650. The molecule has 114 valence electrons. The lowest BCUT2D eigenvalue weighted by atomic mass is 10.2. The maximum Gasteiger partial charge on any atom is 0.414 e. The van der Waals surface area contributed by atoms with Gasteiger partial charge in [0.15, 0.2) is 0 Å². The average Bonchev–Trinajstić information content (AvgIpc) is 2.42.